The number of hydrogen-bond donors (Lipinski definition) is 4. The van der Waals surface area contributed by atoms with Crippen LogP contribution in [0.5, 0.6) is 0 Å². The molecule has 4 amide bonds. The SMILES string of the molecule is COC(CNC(=O)[C@H](Cc1cn(-n2cc(C[C@H](NC(=O)OC(C)(C)C)C(=O)NCC(OC)OC)c3ccccc32)c2ccccc12)NC(=O)OC(C)(C)C)OC. The molecule has 16 nitrogen and oxygen atoms in total. The molecule has 0 aliphatic heterocycles. The molecule has 0 saturated carbocycles. The monoisotopic (exact) mass is 780 g/mol. The van der Waals surface area contributed by atoms with Gasteiger partial charge < -0.3 is 49.7 Å². The van der Waals surface area contributed by atoms with E-state index in [1.165, 1.54) is 28.4 Å². The minimum Gasteiger partial charge on any atom is -0.444 e. The Morgan fingerprint density at radius 2 is 0.911 bits per heavy atom. The van der Waals surface area contributed by atoms with Crippen LogP contribution in [0.4, 0.5) is 9.59 Å². The highest BCUT2D eigenvalue weighted by atomic mass is 16.7. The maximum Gasteiger partial charge on any atom is 0.408 e. The molecule has 2 heterocycles. The Morgan fingerprint density at radius 3 is 1.23 bits per heavy atom. The Kier molecular flexibility index (Phi) is 14.9. The summed E-state index contributed by atoms with van der Waals surface area (Å²) in [5.41, 5.74) is 1.59. The average molecular weight is 781 g/mol. The van der Waals surface area contributed by atoms with Gasteiger partial charge in [-0.15, -0.1) is 0 Å². The Bertz CT molecular complexity index is 1810. The summed E-state index contributed by atoms with van der Waals surface area (Å²) < 4.78 is 35.8. The summed E-state index contributed by atoms with van der Waals surface area (Å²) in [5, 5.41) is 12.8. The van der Waals surface area contributed by atoms with Crippen molar-refractivity contribution < 1.29 is 47.6 Å². The largest absolute Gasteiger partial charge is 0.444 e. The lowest BCUT2D eigenvalue weighted by Crippen LogP contribution is -2.50. The molecule has 2 atom stereocenters. The second-order valence-electron chi connectivity index (χ2n) is 15.1. The van der Waals surface area contributed by atoms with Crippen LogP contribution < -0.4 is 21.3 Å². The van der Waals surface area contributed by atoms with Gasteiger partial charge in [0.15, 0.2) is 12.6 Å². The summed E-state index contributed by atoms with van der Waals surface area (Å²) in [6.45, 7) is 10.6. The average Bonchev–Trinajstić information content (AvgIpc) is 3.68. The zero-order valence-corrected chi connectivity index (χ0v) is 33.9. The molecule has 56 heavy (non-hydrogen) atoms. The number of benzene rings is 2. The number of carbonyl (C=O) groups is 4. The number of hydrogen-bond acceptors (Lipinski definition) is 10. The molecular formula is C40H56N6O10. The number of nitrogens with zero attached hydrogens (tertiary/aromatic N) is 2. The summed E-state index contributed by atoms with van der Waals surface area (Å²) in [6.07, 6.45) is 1.19. The first kappa shape index (κ1) is 43.6. The lowest BCUT2D eigenvalue weighted by molar-refractivity contribution is -0.129. The van der Waals surface area contributed by atoms with Crippen LogP contribution in [0, 0.1) is 0 Å². The van der Waals surface area contributed by atoms with Crippen LogP contribution in [0.15, 0.2) is 60.9 Å². The van der Waals surface area contributed by atoms with Crippen LogP contribution in [-0.4, -0.2) is 111 Å². The van der Waals surface area contributed by atoms with Gasteiger partial charge >= 0.3 is 12.2 Å². The summed E-state index contributed by atoms with van der Waals surface area (Å²) in [7, 11) is 5.87. The third-order valence-corrected chi connectivity index (χ3v) is 8.58. The molecule has 2 aromatic carbocycles. The van der Waals surface area contributed by atoms with E-state index in [9.17, 15) is 19.2 Å². The molecule has 0 fully saturated rings. The van der Waals surface area contributed by atoms with E-state index in [1.54, 1.807) is 41.5 Å². The molecule has 2 aromatic heterocycles. The topological polar surface area (TPSA) is 182 Å². The van der Waals surface area contributed by atoms with Gasteiger partial charge in [-0.2, -0.15) is 0 Å². The highest BCUT2D eigenvalue weighted by Crippen LogP contribution is 2.28. The minimum absolute atomic E-state index is 0.0549. The predicted molar refractivity (Wildman–Crippen MR) is 210 cm³/mol. The van der Waals surface area contributed by atoms with Crippen molar-refractivity contribution in [2.45, 2.75) is 90.2 Å². The smallest absolute Gasteiger partial charge is 0.408 e. The molecule has 0 spiro atoms. The molecule has 0 radical (unpaired) electrons. The van der Waals surface area contributed by atoms with E-state index in [-0.39, 0.29) is 25.9 Å². The number of fused-ring (bicyclic) bond motifs is 2. The van der Waals surface area contributed by atoms with Crippen molar-refractivity contribution in [1.29, 1.82) is 0 Å². The predicted octanol–water partition coefficient (Wildman–Crippen LogP) is 4.25. The fourth-order valence-corrected chi connectivity index (χ4v) is 6.04. The van der Waals surface area contributed by atoms with Gasteiger partial charge in [0.05, 0.1) is 24.1 Å². The summed E-state index contributed by atoms with van der Waals surface area (Å²) in [5.74, 6) is -0.908. The number of alkyl carbamates (subject to hydrolysis) is 2. The first-order chi connectivity index (χ1) is 26.5. The van der Waals surface area contributed by atoms with Crippen molar-refractivity contribution >= 4 is 45.8 Å². The van der Waals surface area contributed by atoms with E-state index in [0.717, 1.165) is 32.9 Å². The molecule has 0 bridgehead atoms. The second-order valence-corrected chi connectivity index (χ2v) is 15.1. The number of nitrogens with one attached hydrogen (secondary N) is 4. The third kappa shape index (κ3) is 11.9. The van der Waals surface area contributed by atoms with Gasteiger partial charge in [-0.25, -0.2) is 9.59 Å². The van der Waals surface area contributed by atoms with E-state index in [0.29, 0.717) is 0 Å². The second kappa shape index (κ2) is 19.1. The maximum atomic E-state index is 13.6. The van der Waals surface area contributed by atoms with Crippen molar-refractivity contribution in [2.24, 2.45) is 0 Å². The van der Waals surface area contributed by atoms with Gasteiger partial charge in [0.1, 0.15) is 23.3 Å². The zero-order chi connectivity index (χ0) is 41.2. The fourth-order valence-electron chi connectivity index (χ4n) is 6.04. The van der Waals surface area contributed by atoms with Crippen molar-refractivity contribution in [3.8, 4) is 0 Å². The molecule has 0 aliphatic rings. The standard InChI is InChI=1S/C40H56N6O10/c1-39(2,3)55-37(49)43-29(35(47)41-21-33(51-7)52-8)19-25-23-45(31-17-13-11-15-27(25)31)46-24-26(28-16-12-14-18-32(28)46)20-30(44-38(50)56-40(4,5)6)36(48)42-22-34(53-9)54-10/h11-18,23-24,29-30,33-34H,19-22H2,1-10H3,(H,41,47)(H,42,48)(H,43,49)(H,44,50)/t29-,30-/m0/s1. The van der Waals surface area contributed by atoms with Crippen molar-refractivity contribution in [3.05, 3.63) is 72.1 Å². The van der Waals surface area contributed by atoms with Gasteiger partial charge in [0.25, 0.3) is 0 Å². The van der Waals surface area contributed by atoms with Crippen molar-refractivity contribution in [2.75, 3.05) is 41.5 Å². The molecule has 4 rings (SSSR count). The quantitative estimate of drug-likeness (QED) is 0.113. The summed E-state index contributed by atoms with van der Waals surface area (Å²) >= 11 is 0. The van der Waals surface area contributed by atoms with Gasteiger partial charge in [0, 0.05) is 64.4 Å². The molecule has 0 aliphatic carbocycles. The number of ether oxygens (including phenoxy) is 6. The first-order valence-corrected chi connectivity index (χ1v) is 18.3. The number of methoxy groups -OCH3 is 4. The van der Waals surface area contributed by atoms with Crippen LogP contribution >= 0.6 is 0 Å². The summed E-state index contributed by atoms with van der Waals surface area (Å²) in [4.78, 5) is 53.2. The van der Waals surface area contributed by atoms with Crippen LogP contribution in [-0.2, 0) is 50.9 Å². The Labute approximate surface area is 327 Å². The molecule has 0 unspecified atom stereocenters. The van der Waals surface area contributed by atoms with Crippen molar-refractivity contribution in [3.63, 3.8) is 0 Å². The van der Waals surface area contributed by atoms with Gasteiger partial charge in [-0.05, 0) is 64.8 Å². The van der Waals surface area contributed by atoms with E-state index >= 15 is 0 Å². The van der Waals surface area contributed by atoms with Crippen LogP contribution in [0.2, 0.25) is 0 Å². The Balaban J connectivity index is 1.74. The minimum atomic E-state index is -1.02. The normalized spacial score (nSPS) is 13.1. The number of para-hydroxylation sites is 2. The maximum absolute atomic E-state index is 13.6. The molecular weight excluding hydrogens is 724 g/mol. The lowest BCUT2D eigenvalue weighted by atomic mass is 10.0. The van der Waals surface area contributed by atoms with Crippen LogP contribution in [0.25, 0.3) is 21.8 Å². The van der Waals surface area contributed by atoms with Crippen LogP contribution in [0.3, 0.4) is 0 Å². The first-order valence-electron chi connectivity index (χ1n) is 18.3. The van der Waals surface area contributed by atoms with Gasteiger partial charge in [-0.1, -0.05) is 36.4 Å². The third-order valence-electron chi connectivity index (χ3n) is 8.58. The van der Waals surface area contributed by atoms with Gasteiger partial charge in [-0.3, -0.25) is 18.9 Å². The molecule has 4 N–H and O–H groups in total. The van der Waals surface area contributed by atoms with E-state index in [1.807, 2.05) is 70.3 Å². The van der Waals surface area contributed by atoms with E-state index in [2.05, 4.69) is 21.3 Å². The highest BCUT2D eigenvalue weighted by molar-refractivity contribution is 5.91. The summed E-state index contributed by atoms with van der Waals surface area (Å²) in [6, 6.07) is 13.4. The molecule has 4 aromatic rings. The molecule has 0 saturated heterocycles. The number of aromatic nitrogens is 2. The number of carbonyl (C=O) groups excluding carboxylic acids is 4. The van der Waals surface area contributed by atoms with Crippen molar-refractivity contribution in [1.82, 2.24) is 30.6 Å². The Morgan fingerprint density at radius 1 is 0.571 bits per heavy atom. The Hall–Kier alpha value is -5.16. The lowest BCUT2D eigenvalue weighted by Gasteiger charge is -2.24. The zero-order valence-electron chi connectivity index (χ0n) is 33.9. The molecule has 306 valence electrons. The van der Waals surface area contributed by atoms with E-state index in [4.69, 9.17) is 28.4 Å². The number of rotatable bonds is 17. The molecule has 16 heteroatoms. The van der Waals surface area contributed by atoms with Crippen LogP contribution in [0.1, 0.15) is 52.7 Å². The van der Waals surface area contributed by atoms with E-state index < -0.39 is 59.9 Å². The number of amides is 4. The van der Waals surface area contributed by atoms with Gasteiger partial charge in [0.2, 0.25) is 11.8 Å². The highest BCUT2D eigenvalue weighted by Gasteiger charge is 2.29. The fraction of sp³-hybridized carbons (Fsp3) is 0.500.